The van der Waals surface area contributed by atoms with E-state index in [4.69, 9.17) is 4.74 Å². The van der Waals surface area contributed by atoms with Gasteiger partial charge in [-0.3, -0.25) is 4.99 Å². The van der Waals surface area contributed by atoms with Gasteiger partial charge in [-0.25, -0.2) is 12.8 Å². The Balaban J connectivity index is 0.00000450. The molecule has 0 spiro atoms. The molecule has 1 aromatic rings. The van der Waals surface area contributed by atoms with Crippen LogP contribution in [-0.4, -0.2) is 57.0 Å². The van der Waals surface area contributed by atoms with E-state index < -0.39 is 21.3 Å². The number of hydrogen-bond acceptors (Lipinski definition) is 4. The van der Waals surface area contributed by atoms with E-state index in [1.165, 1.54) is 19.2 Å². The summed E-state index contributed by atoms with van der Waals surface area (Å²) < 4.78 is 80.3. The summed E-state index contributed by atoms with van der Waals surface area (Å²) in [7, 11) is -3.78. The van der Waals surface area contributed by atoms with Gasteiger partial charge in [0.05, 0.1) is 6.61 Å². The molecule has 0 radical (unpaired) electrons. The average Bonchev–Trinajstić information content (AvgIpc) is 2.66. The van der Waals surface area contributed by atoms with Gasteiger partial charge in [0.25, 0.3) is 0 Å². The van der Waals surface area contributed by atoms with E-state index in [0.29, 0.717) is 22.4 Å². The van der Waals surface area contributed by atoms with Gasteiger partial charge in [-0.05, 0) is 37.5 Å². The van der Waals surface area contributed by atoms with Crippen LogP contribution < -0.4 is 15.4 Å². The zero-order valence-electron chi connectivity index (χ0n) is 16.5. The molecule has 1 aliphatic rings. The highest BCUT2D eigenvalue weighted by Crippen LogP contribution is 2.29. The third-order valence-corrected chi connectivity index (χ3v) is 6.04. The van der Waals surface area contributed by atoms with Gasteiger partial charge in [-0.15, -0.1) is 24.0 Å². The number of guanidine groups is 1. The maximum Gasteiger partial charge on any atom is 0.511 e. The molecule has 0 amide bonds. The average molecular weight is 568 g/mol. The number of hydrogen-bond donors (Lipinski definition) is 2. The Morgan fingerprint density at radius 3 is 2.43 bits per heavy atom. The Hall–Kier alpha value is -1.35. The minimum atomic E-state index is -5.30. The summed E-state index contributed by atoms with van der Waals surface area (Å²) in [4.78, 5) is 4.04. The first-order valence-corrected chi connectivity index (χ1v) is 10.5. The van der Waals surface area contributed by atoms with Crippen molar-refractivity contribution in [3.05, 3.63) is 29.6 Å². The smallest absolute Gasteiger partial charge is 0.491 e. The maximum absolute atomic E-state index is 13.9. The Bertz CT molecular complexity index is 829. The van der Waals surface area contributed by atoms with E-state index in [1.54, 1.807) is 13.0 Å². The largest absolute Gasteiger partial charge is 0.511 e. The predicted octanol–water partition coefficient (Wildman–Crippen LogP) is 2.82. The lowest BCUT2D eigenvalue weighted by molar-refractivity contribution is -0.0494. The number of sulfonamides is 1. The van der Waals surface area contributed by atoms with Gasteiger partial charge in [-0.2, -0.15) is 17.5 Å². The number of piperidine rings is 1. The van der Waals surface area contributed by atoms with Crippen molar-refractivity contribution >= 4 is 40.0 Å². The summed E-state index contributed by atoms with van der Waals surface area (Å²) in [5, 5.41) is 6.05. The van der Waals surface area contributed by atoms with E-state index in [9.17, 15) is 26.0 Å². The molecule has 0 bridgehead atoms. The minimum Gasteiger partial charge on any atom is -0.491 e. The fourth-order valence-electron chi connectivity index (χ4n) is 2.89. The molecule has 7 nitrogen and oxygen atoms in total. The van der Waals surface area contributed by atoms with Crippen LogP contribution in [-0.2, 0) is 16.6 Å². The van der Waals surface area contributed by atoms with Crippen LogP contribution in [0.1, 0.15) is 25.3 Å². The van der Waals surface area contributed by atoms with Crippen LogP contribution >= 0.6 is 24.0 Å². The second-order valence-corrected chi connectivity index (χ2v) is 8.32. The number of aliphatic imine (C=N–C) groups is 1. The first-order valence-electron chi connectivity index (χ1n) is 9.03. The molecule has 2 N–H and O–H groups in total. The highest BCUT2D eigenvalue weighted by molar-refractivity contribution is 14.0. The topological polar surface area (TPSA) is 83.0 Å². The molecular weight excluding hydrogens is 543 g/mol. The molecular formula is C17H25F4IN4O3S. The van der Waals surface area contributed by atoms with Crippen molar-refractivity contribution in [2.75, 3.05) is 26.7 Å². The fraction of sp³-hybridized carbons (Fsp3) is 0.588. The van der Waals surface area contributed by atoms with Gasteiger partial charge < -0.3 is 15.4 Å². The molecule has 1 saturated heterocycles. The summed E-state index contributed by atoms with van der Waals surface area (Å²) in [6, 6.07) is 4.33. The maximum atomic E-state index is 13.9. The summed E-state index contributed by atoms with van der Waals surface area (Å²) in [6.45, 7) is 1.91. The van der Waals surface area contributed by atoms with Crippen LogP contribution in [0.5, 0.6) is 5.75 Å². The molecule has 0 aliphatic carbocycles. The Labute approximate surface area is 190 Å². The van der Waals surface area contributed by atoms with E-state index in [2.05, 4.69) is 15.6 Å². The Morgan fingerprint density at radius 2 is 1.93 bits per heavy atom. The van der Waals surface area contributed by atoms with Crippen LogP contribution in [0.15, 0.2) is 23.2 Å². The molecule has 172 valence electrons. The molecule has 0 saturated carbocycles. The number of benzene rings is 1. The van der Waals surface area contributed by atoms with E-state index >= 15 is 0 Å². The summed E-state index contributed by atoms with van der Waals surface area (Å²) in [5.41, 5.74) is -4.64. The number of alkyl halides is 3. The Kier molecular flexibility index (Phi) is 10.1. The summed E-state index contributed by atoms with van der Waals surface area (Å²) in [6.07, 6.45) is 0.404. The first-order chi connectivity index (χ1) is 13.6. The lowest BCUT2D eigenvalue weighted by atomic mass is 10.1. The third kappa shape index (κ3) is 6.83. The normalized spacial score (nSPS) is 16.7. The second kappa shape index (κ2) is 11.3. The van der Waals surface area contributed by atoms with Gasteiger partial charge in [0.15, 0.2) is 17.5 Å². The molecule has 1 aromatic carbocycles. The SMILES string of the molecule is CCOc1ccc(CNC(=NC)NC2CCN(S(=O)(=O)C(F)(F)F)CC2)cc1F.I. The lowest BCUT2D eigenvalue weighted by Gasteiger charge is -2.32. The predicted molar refractivity (Wildman–Crippen MR) is 116 cm³/mol. The van der Waals surface area contributed by atoms with Gasteiger partial charge in [0.2, 0.25) is 0 Å². The quantitative estimate of drug-likeness (QED) is 0.239. The summed E-state index contributed by atoms with van der Waals surface area (Å²) >= 11 is 0. The van der Waals surface area contributed by atoms with Crippen molar-refractivity contribution in [2.45, 2.75) is 37.9 Å². The van der Waals surface area contributed by atoms with Crippen molar-refractivity contribution in [1.29, 1.82) is 0 Å². The number of nitrogens with zero attached hydrogens (tertiary/aromatic N) is 2. The lowest BCUT2D eigenvalue weighted by Crippen LogP contribution is -2.51. The van der Waals surface area contributed by atoms with Crippen LogP contribution in [0.2, 0.25) is 0 Å². The van der Waals surface area contributed by atoms with Crippen molar-refractivity contribution in [1.82, 2.24) is 14.9 Å². The first kappa shape index (κ1) is 26.7. The molecule has 0 unspecified atom stereocenters. The van der Waals surface area contributed by atoms with Crippen molar-refractivity contribution in [3.63, 3.8) is 0 Å². The molecule has 1 fully saturated rings. The molecule has 1 aliphatic heterocycles. The van der Waals surface area contributed by atoms with Crippen LogP contribution in [0.25, 0.3) is 0 Å². The number of ether oxygens (including phenoxy) is 1. The van der Waals surface area contributed by atoms with E-state index in [0.717, 1.165) is 0 Å². The van der Waals surface area contributed by atoms with Gasteiger partial charge in [0.1, 0.15) is 0 Å². The standard InChI is InChI=1S/C17H24F4N4O3S.HI/c1-3-28-15-5-4-12(10-14(15)18)11-23-16(22-2)24-13-6-8-25(9-7-13)29(26,27)17(19,20)21;/h4-5,10,13H,3,6-9,11H2,1-2H3,(H2,22,23,24);1H. The summed E-state index contributed by atoms with van der Waals surface area (Å²) in [5.74, 6) is 0.0723. The third-order valence-electron chi connectivity index (χ3n) is 4.41. The highest BCUT2D eigenvalue weighted by atomic mass is 127. The number of nitrogens with one attached hydrogen (secondary N) is 2. The number of rotatable bonds is 6. The van der Waals surface area contributed by atoms with E-state index in [1.807, 2.05) is 0 Å². The van der Waals surface area contributed by atoms with Crippen LogP contribution in [0.4, 0.5) is 17.6 Å². The second-order valence-electron chi connectivity index (χ2n) is 6.39. The van der Waals surface area contributed by atoms with Crippen molar-refractivity contribution in [3.8, 4) is 5.75 Å². The molecule has 2 rings (SSSR count). The fourth-order valence-corrected chi connectivity index (χ4v) is 3.87. The van der Waals surface area contributed by atoms with E-state index in [-0.39, 0.29) is 68.2 Å². The highest BCUT2D eigenvalue weighted by Gasteiger charge is 2.50. The van der Waals surface area contributed by atoms with Crippen molar-refractivity contribution in [2.24, 2.45) is 4.99 Å². The Morgan fingerprint density at radius 1 is 1.30 bits per heavy atom. The van der Waals surface area contributed by atoms with Crippen molar-refractivity contribution < 1.29 is 30.7 Å². The van der Waals surface area contributed by atoms with Crippen LogP contribution in [0.3, 0.4) is 0 Å². The van der Waals surface area contributed by atoms with Gasteiger partial charge in [-0.1, -0.05) is 6.07 Å². The molecule has 0 atom stereocenters. The number of halogens is 5. The zero-order chi connectivity index (χ0) is 21.7. The monoisotopic (exact) mass is 568 g/mol. The van der Waals surface area contributed by atoms with Gasteiger partial charge >= 0.3 is 15.5 Å². The molecule has 30 heavy (non-hydrogen) atoms. The molecule has 13 heteroatoms. The molecule has 0 aromatic heterocycles. The van der Waals surface area contributed by atoms with Gasteiger partial charge in [0, 0.05) is 32.7 Å². The minimum absolute atomic E-state index is 0. The molecule has 1 heterocycles. The zero-order valence-corrected chi connectivity index (χ0v) is 19.6. The van der Waals surface area contributed by atoms with Crippen LogP contribution in [0, 0.1) is 5.82 Å².